The van der Waals surface area contributed by atoms with Gasteiger partial charge in [-0.05, 0) is 42.8 Å². The molecule has 0 fully saturated rings. The van der Waals surface area contributed by atoms with E-state index in [0.717, 1.165) is 0 Å². The van der Waals surface area contributed by atoms with E-state index in [4.69, 9.17) is 4.74 Å². The van der Waals surface area contributed by atoms with Crippen LogP contribution in [-0.2, 0) is 0 Å². The van der Waals surface area contributed by atoms with Crippen molar-refractivity contribution in [2.75, 3.05) is 7.11 Å². The van der Waals surface area contributed by atoms with Crippen molar-refractivity contribution in [1.82, 2.24) is 4.98 Å². The largest absolute Gasteiger partial charge is 0.494 e. The number of carbonyl (C=O) groups excluding carboxylic acids is 1. The van der Waals surface area contributed by atoms with Crippen molar-refractivity contribution in [2.24, 2.45) is 0 Å². The predicted molar refractivity (Wildman–Crippen MR) is 65.4 cm³/mol. The molecule has 0 N–H and O–H groups in total. The molecule has 2 aromatic rings. The topological polar surface area (TPSA) is 39.2 Å². The summed E-state index contributed by atoms with van der Waals surface area (Å²) in [5.41, 5.74) is 1.05. The Morgan fingerprint density at radius 2 is 2.11 bits per heavy atom. The highest BCUT2D eigenvalue weighted by molar-refractivity contribution is 6.09. The first kappa shape index (κ1) is 12.2. The molecule has 0 aliphatic rings. The molecular weight excluding hydrogens is 233 g/mol. The number of pyridine rings is 1. The van der Waals surface area contributed by atoms with Crippen LogP contribution in [0.4, 0.5) is 4.39 Å². The van der Waals surface area contributed by atoms with Gasteiger partial charge in [0, 0.05) is 11.8 Å². The molecule has 0 bridgehead atoms. The molecule has 0 saturated heterocycles. The van der Waals surface area contributed by atoms with Gasteiger partial charge < -0.3 is 4.74 Å². The van der Waals surface area contributed by atoms with Crippen LogP contribution in [0.3, 0.4) is 0 Å². The third kappa shape index (κ3) is 2.22. The van der Waals surface area contributed by atoms with E-state index >= 15 is 0 Å². The summed E-state index contributed by atoms with van der Waals surface area (Å²) < 4.78 is 18.2. The SMILES string of the molecule is COc1cccnc1C(=O)c1ccc(F)c(C)c1. The molecule has 0 aliphatic carbocycles. The second-order valence-corrected chi connectivity index (χ2v) is 3.85. The number of methoxy groups -OCH3 is 1. The van der Waals surface area contributed by atoms with Crippen molar-refractivity contribution < 1.29 is 13.9 Å². The molecule has 3 nitrogen and oxygen atoms in total. The molecule has 0 atom stereocenters. The standard InChI is InChI=1S/C14H12FNO2/c1-9-8-10(5-6-11(9)15)14(17)13-12(18-2)4-3-7-16-13/h3-8H,1-2H3. The summed E-state index contributed by atoms with van der Waals surface area (Å²) in [7, 11) is 1.48. The number of ether oxygens (including phenoxy) is 1. The Labute approximate surface area is 104 Å². The van der Waals surface area contributed by atoms with E-state index in [1.165, 1.54) is 31.5 Å². The van der Waals surface area contributed by atoms with Gasteiger partial charge in [0.15, 0.2) is 5.69 Å². The van der Waals surface area contributed by atoms with E-state index in [1.54, 1.807) is 19.1 Å². The fourth-order valence-electron chi connectivity index (χ4n) is 1.65. The van der Waals surface area contributed by atoms with Gasteiger partial charge in [0.25, 0.3) is 0 Å². The van der Waals surface area contributed by atoms with Gasteiger partial charge in [-0.25, -0.2) is 9.37 Å². The smallest absolute Gasteiger partial charge is 0.215 e. The van der Waals surface area contributed by atoms with Gasteiger partial charge in [-0.2, -0.15) is 0 Å². The zero-order valence-corrected chi connectivity index (χ0v) is 10.1. The Morgan fingerprint density at radius 3 is 2.78 bits per heavy atom. The molecule has 1 aromatic heterocycles. The average Bonchev–Trinajstić information content (AvgIpc) is 2.41. The molecular formula is C14H12FNO2. The number of aromatic nitrogens is 1. The van der Waals surface area contributed by atoms with Crippen molar-refractivity contribution in [3.8, 4) is 5.75 Å². The molecule has 92 valence electrons. The third-order valence-corrected chi connectivity index (χ3v) is 2.63. The minimum atomic E-state index is -0.334. The fourth-order valence-corrected chi connectivity index (χ4v) is 1.65. The Hall–Kier alpha value is -2.23. The van der Waals surface area contributed by atoms with E-state index in [9.17, 15) is 9.18 Å². The minimum Gasteiger partial charge on any atom is -0.494 e. The van der Waals surface area contributed by atoms with E-state index in [-0.39, 0.29) is 17.3 Å². The number of rotatable bonds is 3. The van der Waals surface area contributed by atoms with Gasteiger partial charge >= 0.3 is 0 Å². The number of benzene rings is 1. The molecule has 0 saturated carbocycles. The molecule has 18 heavy (non-hydrogen) atoms. The van der Waals surface area contributed by atoms with Crippen molar-refractivity contribution in [1.29, 1.82) is 0 Å². The van der Waals surface area contributed by atoms with Crippen LogP contribution in [-0.4, -0.2) is 17.9 Å². The van der Waals surface area contributed by atoms with Gasteiger partial charge in [-0.15, -0.1) is 0 Å². The first-order chi connectivity index (χ1) is 8.63. The monoisotopic (exact) mass is 245 g/mol. The first-order valence-corrected chi connectivity index (χ1v) is 5.43. The number of ketones is 1. The van der Waals surface area contributed by atoms with Crippen LogP contribution in [0.1, 0.15) is 21.6 Å². The number of aryl methyl sites for hydroxylation is 1. The molecule has 2 rings (SSSR count). The lowest BCUT2D eigenvalue weighted by atomic mass is 10.0. The first-order valence-electron chi connectivity index (χ1n) is 5.43. The summed E-state index contributed by atoms with van der Waals surface area (Å²) in [6.07, 6.45) is 1.52. The van der Waals surface area contributed by atoms with Gasteiger partial charge in [0.05, 0.1) is 7.11 Å². The molecule has 1 aromatic carbocycles. The van der Waals surface area contributed by atoms with Crippen LogP contribution in [0.5, 0.6) is 5.75 Å². The second kappa shape index (κ2) is 4.96. The summed E-state index contributed by atoms with van der Waals surface area (Å²) in [4.78, 5) is 16.2. The highest BCUT2D eigenvalue weighted by Gasteiger charge is 2.16. The van der Waals surface area contributed by atoms with Crippen LogP contribution >= 0.6 is 0 Å². The van der Waals surface area contributed by atoms with Gasteiger partial charge in [0.2, 0.25) is 5.78 Å². The highest BCUT2D eigenvalue weighted by atomic mass is 19.1. The molecule has 0 amide bonds. The summed E-state index contributed by atoms with van der Waals surface area (Å²) in [6, 6.07) is 7.57. The average molecular weight is 245 g/mol. The van der Waals surface area contributed by atoms with E-state index in [1.807, 2.05) is 0 Å². The van der Waals surface area contributed by atoms with Crippen LogP contribution in [0.15, 0.2) is 36.5 Å². The maximum atomic E-state index is 13.2. The zero-order valence-electron chi connectivity index (χ0n) is 10.1. The number of nitrogens with zero attached hydrogens (tertiary/aromatic N) is 1. The molecule has 0 unspecified atom stereocenters. The van der Waals surface area contributed by atoms with E-state index in [0.29, 0.717) is 16.9 Å². The quantitative estimate of drug-likeness (QED) is 0.780. The molecule has 0 spiro atoms. The number of hydrogen-bond donors (Lipinski definition) is 0. The lowest BCUT2D eigenvalue weighted by molar-refractivity contribution is 0.103. The molecule has 1 heterocycles. The Kier molecular flexibility index (Phi) is 3.37. The summed E-state index contributed by atoms with van der Waals surface area (Å²) in [5, 5.41) is 0. The van der Waals surface area contributed by atoms with Crippen molar-refractivity contribution in [3.63, 3.8) is 0 Å². The van der Waals surface area contributed by atoms with Crippen LogP contribution in [0.25, 0.3) is 0 Å². The maximum absolute atomic E-state index is 13.2. The van der Waals surface area contributed by atoms with Crippen molar-refractivity contribution in [3.05, 3.63) is 59.2 Å². The van der Waals surface area contributed by atoms with E-state index in [2.05, 4.69) is 4.98 Å². The molecule has 4 heteroatoms. The summed E-state index contributed by atoms with van der Waals surface area (Å²) >= 11 is 0. The Bertz CT molecular complexity index is 596. The maximum Gasteiger partial charge on any atom is 0.215 e. The summed E-state index contributed by atoms with van der Waals surface area (Å²) in [6.45, 7) is 1.61. The highest BCUT2D eigenvalue weighted by Crippen LogP contribution is 2.19. The molecule has 0 radical (unpaired) electrons. The van der Waals surface area contributed by atoms with Crippen LogP contribution in [0.2, 0.25) is 0 Å². The lowest BCUT2D eigenvalue weighted by Gasteiger charge is -2.06. The minimum absolute atomic E-state index is 0.228. The summed E-state index contributed by atoms with van der Waals surface area (Å²) in [5.74, 6) is -0.209. The number of halogens is 1. The van der Waals surface area contributed by atoms with Gasteiger partial charge in [-0.1, -0.05) is 0 Å². The van der Waals surface area contributed by atoms with Crippen LogP contribution < -0.4 is 4.74 Å². The third-order valence-electron chi connectivity index (χ3n) is 2.63. The Balaban J connectivity index is 2.44. The number of carbonyl (C=O) groups is 1. The van der Waals surface area contributed by atoms with Gasteiger partial charge in [0.1, 0.15) is 11.6 Å². The van der Waals surface area contributed by atoms with E-state index < -0.39 is 0 Å². The van der Waals surface area contributed by atoms with Crippen molar-refractivity contribution >= 4 is 5.78 Å². The number of hydrogen-bond acceptors (Lipinski definition) is 3. The van der Waals surface area contributed by atoms with Crippen LogP contribution in [0, 0.1) is 12.7 Å². The predicted octanol–water partition coefficient (Wildman–Crippen LogP) is 2.77. The second-order valence-electron chi connectivity index (χ2n) is 3.85. The Morgan fingerprint density at radius 1 is 1.33 bits per heavy atom. The van der Waals surface area contributed by atoms with Gasteiger partial charge in [-0.3, -0.25) is 4.79 Å². The molecule has 0 aliphatic heterocycles. The lowest BCUT2D eigenvalue weighted by Crippen LogP contribution is -2.07. The fraction of sp³-hybridized carbons (Fsp3) is 0.143. The zero-order chi connectivity index (χ0) is 13.1. The van der Waals surface area contributed by atoms with Crippen molar-refractivity contribution in [2.45, 2.75) is 6.92 Å². The normalized spacial score (nSPS) is 10.2.